The molecule has 21 heavy (non-hydrogen) atoms. The summed E-state index contributed by atoms with van der Waals surface area (Å²) in [5.74, 6) is 0. The van der Waals surface area contributed by atoms with E-state index in [0.717, 1.165) is 25.0 Å². The van der Waals surface area contributed by atoms with E-state index in [2.05, 4.69) is 4.98 Å². The smallest absolute Gasteiger partial charge is 0.260 e. The van der Waals surface area contributed by atoms with Crippen molar-refractivity contribution in [3.05, 3.63) is 30.1 Å². The predicted octanol–water partition coefficient (Wildman–Crippen LogP) is 2.41. The molecule has 0 saturated carbocycles. The summed E-state index contributed by atoms with van der Waals surface area (Å²) >= 11 is 0. The molecule has 1 aliphatic heterocycles. The first-order chi connectivity index (χ1) is 9.93. The van der Waals surface area contributed by atoms with Gasteiger partial charge in [0, 0.05) is 24.8 Å². The molecule has 1 aromatic rings. The van der Waals surface area contributed by atoms with Gasteiger partial charge in [-0.05, 0) is 45.7 Å². The van der Waals surface area contributed by atoms with Gasteiger partial charge in [-0.15, -0.1) is 0 Å². The van der Waals surface area contributed by atoms with E-state index in [-0.39, 0.29) is 12.1 Å². The Bertz CT molecular complexity index is 545. The number of hydrogen-bond acceptors (Lipinski definition) is 3. The molecule has 1 aromatic heterocycles. The van der Waals surface area contributed by atoms with Gasteiger partial charge in [0.25, 0.3) is 10.2 Å². The number of pyridine rings is 1. The van der Waals surface area contributed by atoms with Gasteiger partial charge < -0.3 is 0 Å². The molecular formula is C15H25N3O2S. The molecule has 2 heterocycles. The van der Waals surface area contributed by atoms with E-state index < -0.39 is 10.2 Å². The molecule has 0 aromatic carbocycles. The molecule has 1 fully saturated rings. The summed E-state index contributed by atoms with van der Waals surface area (Å²) in [4.78, 5) is 4.25. The van der Waals surface area contributed by atoms with Crippen molar-refractivity contribution >= 4 is 10.2 Å². The topological polar surface area (TPSA) is 53.5 Å². The third kappa shape index (κ3) is 3.81. The maximum atomic E-state index is 13.0. The van der Waals surface area contributed by atoms with Crippen LogP contribution in [-0.4, -0.2) is 40.6 Å². The monoisotopic (exact) mass is 311 g/mol. The normalized spacial score (nSPS) is 21.1. The SMILES string of the molecule is CC(C)N(Cc1ccccn1)S(=O)(=O)N1CCCC[C@H]1C. The Morgan fingerprint density at radius 2 is 2.14 bits per heavy atom. The van der Waals surface area contributed by atoms with Crippen LogP contribution in [0.3, 0.4) is 0 Å². The molecule has 1 atom stereocenters. The minimum Gasteiger partial charge on any atom is -0.260 e. The highest BCUT2D eigenvalue weighted by Crippen LogP contribution is 2.24. The molecule has 0 amide bonds. The number of aromatic nitrogens is 1. The first-order valence-corrected chi connectivity index (χ1v) is 9.01. The van der Waals surface area contributed by atoms with Crippen LogP contribution in [0.4, 0.5) is 0 Å². The minimum atomic E-state index is -3.44. The molecule has 0 aliphatic carbocycles. The highest BCUT2D eigenvalue weighted by molar-refractivity contribution is 7.86. The van der Waals surface area contributed by atoms with Crippen molar-refractivity contribution in [2.75, 3.05) is 6.54 Å². The minimum absolute atomic E-state index is 0.0775. The summed E-state index contributed by atoms with van der Waals surface area (Å²) in [7, 11) is -3.44. The van der Waals surface area contributed by atoms with Gasteiger partial charge in [-0.1, -0.05) is 12.5 Å². The van der Waals surface area contributed by atoms with E-state index >= 15 is 0 Å². The largest absolute Gasteiger partial charge is 0.282 e. The van der Waals surface area contributed by atoms with Crippen LogP contribution in [0.25, 0.3) is 0 Å². The van der Waals surface area contributed by atoms with E-state index in [4.69, 9.17) is 0 Å². The van der Waals surface area contributed by atoms with Crippen LogP contribution in [-0.2, 0) is 16.8 Å². The fourth-order valence-corrected chi connectivity index (χ4v) is 4.75. The second-order valence-electron chi connectivity index (χ2n) is 5.92. The Morgan fingerprint density at radius 1 is 1.38 bits per heavy atom. The Morgan fingerprint density at radius 3 is 2.71 bits per heavy atom. The predicted molar refractivity (Wildman–Crippen MR) is 83.9 cm³/mol. The summed E-state index contributed by atoms with van der Waals surface area (Å²) in [6, 6.07) is 5.58. The fraction of sp³-hybridized carbons (Fsp3) is 0.667. The van der Waals surface area contributed by atoms with Crippen LogP contribution in [0.2, 0.25) is 0 Å². The zero-order valence-corrected chi connectivity index (χ0v) is 13.9. The first-order valence-electron chi connectivity index (χ1n) is 7.61. The Kier molecular flexibility index (Phi) is 5.35. The quantitative estimate of drug-likeness (QED) is 0.839. The van der Waals surface area contributed by atoms with Crippen LogP contribution in [0.1, 0.15) is 45.7 Å². The van der Waals surface area contributed by atoms with Gasteiger partial charge in [0.1, 0.15) is 0 Å². The lowest BCUT2D eigenvalue weighted by Crippen LogP contribution is -2.51. The van der Waals surface area contributed by atoms with Crippen LogP contribution in [0.5, 0.6) is 0 Å². The molecule has 2 rings (SSSR count). The molecule has 118 valence electrons. The first kappa shape index (κ1) is 16.4. The average molecular weight is 311 g/mol. The van der Waals surface area contributed by atoms with Crippen LogP contribution in [0.15, 0.2) is 24.4 Å². The molecule has 0 N–H and O–H groups in total. The summed E-state index contributed by atoms with van der Waals surface area (Å²) < 4.78 is 29.1. The number of piperidine rings is 1. The summed E-state index contributed by atoms with van der Waals surface area (Å²) in [5.41, 5.74) is 0.777. The van der Waals surface area contributed by atoms with Crippen molar-refractivity contribution in [1.29, 1.82) is 0 Å². The fourth-order valence-electron chi connectivity index (χ4n) is 2.73. The van der Waals surface area contributed by atoms with Gasteiger partial charge in [-0.3, -0.25) is 4.98 Å². The number of hydrogen-bond donors (Lipinski definition) is 0. The zero-order chi connectivity index (χ0) is 15.5. The van der Waals surface area contributed by atoms with E-state index in [1.54, 1.807) is 14.8 Å². The zero-order valence-electron chi connectivity index (χ0n) is 13.1. The van der Waals surface area contributed by atoms with Gasteiger partial charge >= 0.3 is 0 Å². The highest BCUT2D eigenvalue weighted by Gasteiger charge is 2.35. The van der Waals surface area contributed by atoms with Crippen molar-refractivity contribution in [2.24, 2.45) is 0 Å². The number of rotatable bonds is 5. The molecule has 5 nitrogen and oxygen atoms in total. The van der Waals surface area contributed by atoms with E-state index in [1.807, 2.05) is 39.0 Å². The third-order valence-electron chi connectivity index (χ3n) is 3.95. The molecule has 0 unspecified atom stereocenters. The summed E-state index contributed by atoms with van der Waals surface area (Å²) in [6.45, 7) is 6.76. The van der Waals surface area contributed by atoms with E-state index in [0.29, 0.717) is 13.1 Å². The molecule has 1 saturated heterocycles. The van der Waals surface area contributed by atoms with Crippen molar-refractivity contribution < 1.29 is 8.42 Å². The maximum Gasteiger partial charge on any atom is 0.282 e. The standard InChI is InChI=1S/C15H25N3O2S/c1-13(2)18(12-15-9-4-6-10-16-15)21(19,20)17-11-7-5-8-14(17)3/h4,6,9-10,13-14H,5,7-8,11-12H2,1-3H3/t14-/m1/s1. The lowest BCUT2D eigenvalue weighted by molar-refractivity contribution is 0.231. The van der Waals surface area contributed by atoms with Gasteiger partial charge in [-0.2, -0.15) is 17.0 Å². The van der Waals surface area contributed by atoms with Crippen molar-refractivity contribution in [3.8, 4) is 0 Å². The lowest BCUT2D eigenvalue weighted by atomic mass is 10.1. The Hall–Kier alpha value is -0.980. The van der Waals surface area contributed by atoms with E-state index in [9.17, 15) is 8.42 Å². The summed E-state index contributed by atoms with van der Waals surface area (Å²) in [6.07, 6.45) is 4.69. The van der Waals surface area contributed by atoms with Crippen molar-refractivity contribution in [3.63, 3.8) is 0 Å². The molecule has 0 spiro atoms. The van der Waals surface area contributed by atoms with Gasteiger partial charge in [0.2, 0.25) is 0 Å². The lowest BCUT2D eigenvalue weighted by Gasteiger charge is -2.37. The second-order valence-corrected chi connectivity index (χ2v) is 7.76. The van der Waals surface area contributed by atoms with Crippen molar-refractivity contribution in [2.45, 2.75) is 58.7 Å². The van der Waals surface area contributed by atoms with Gasteiger partial charge in [0.05, 0.1) is 12.2 Å². The molecule has 0 bridgehead atoms. The third-order valence-corrected chi connectivity index (χ3v) is 6.23. The van der Waals surface area contributed by atoms with Crippen LogP contribution < -0.4 is 0 Å². The summed E-state index contributed by atoms with van der Waals surface area (Å²) in [5, 5.41) is 0. The van der Waals surface area contributed by atoms with Crippen LogP contribution in [0, 0.1) is 0 Å². The number of nitrogens with zero attached hydrogens (tertiary/aromatic N) is 3. The molecule has 0 radical (unpaired) electrons. The molecular weight excluding hydrogens is 286 g/mol. The highest BCUT2D eigenvalue weighted by atomic mass is 32.2. The van der Waals surface area contributed by atoms with E-state index in [1.165, 1.54) is 0 Å². The van der Waals surface area contributed by atoms with Crippen molar-refractivity contribution in [1.82, 2.24) is 13.6 Å². The molecule has 1 aliphatic rings. The maximum absolute atomic E-state index is 13.0. The average Bonchev–Trinajstić information content (AvgIpc) is 2.45. The van der Waals surface area contributed by atoms with Gasteiger partial charge in [-0.25, -0.2) is 0 Å². The van der Waals surface area contributed by atoms with Gasteiger partial charge in [0.15, 0.2) is 0 Å². The molecule has 6 heteroatoms. The van der Waals surface area contributed by atoms with Crippen LogP contribution >= 0.6 is 0 Å². The Balaban J connectivity index is 2.24. The Labute approximate surface area is 128 Å². The second kappa shape index (κ2) is 6.85.